The molecule has 1 aromatic carbocycles. The summed E-state index contributed by atoms with van der Waals surface area (Å²) in [5, 5.41) is 6.16. The number of amides is 1. The zero-order valence-corrected chi connectivity index (χ0v) is 17.9. The molecule has 4 rings (SSSR count). The van der Waals surface area contributed by atoms with Crippen LogP contribution in [0.1, 0.15) is 28.8 Å². The molecule has 0 unspecified atom stereocenters. The van der Waals surface area contributed by atoms with Crippen molar-refractivity contribution in [3.05, 3.63) is 53.7 Å². The van der Waals surface area contributed by atoms with Crippen LogP contribution in [0.25, 0.3) is 0 Å². The Morgan fingerprint density at radius 2 is 1.77 bits per heavy atom. The Morgan fingerprint density at radius 1 is 1.07 bits per heavy atom. The minimum atomic E-state index is -3.51. The summed E-state index contributed by atoms with van der Waals surface area (Å²) in [6, 6.07) is 11.0. The minimum Gasteiger partial charge on any atom is -0.366 e. The maximum absolute atomic E-state index is 12.8. The quantitative estimate of drug-likeness (QED) is 0.693. The van der Waals surface area contributed by atoms with Crippen molar-refractivity contribution in [2.75, 3.05) is 38.5 Å². The number of rotatable bonds is 7. The number of sulfonamides is 1. The molecule has 1 aliphatic heterocycles. The van der Waals surface area contributed by atoms with E-state index in [0.717, 1.165) is 31.5 Å². The largest absolute Gasteiger partial charge is 0.366 e. The molecule has 0 atom stereocenters. The molecular weight excluding hydrogens is 402 g/mol. The fraction of sp³-hybridized carbons (Fsp3) is 0.429. The van der Waals surface area contributed by atoms with E-state index in [4.69, 9.17) is 0 Å². The van der Waals surface area contributed by atoms with Gasteiger partial charge < -0.3 is 15.5 Å². The molecule has 2 aromatic rings. The van der Waals surface area contributed by atoms with E-state index in [0.29, 0.717) is 37.1 Å². The first-order chi connectivity index (χ1) is 14.4. The van der Waals surface area contributed by atoms with Gasteiger partial charge in [-0.2, -0.15) is 4.31 Å². The van der Waals surface area contributed by atoms with Crippen molar-refractivity contribution in [3.63, 3.8) is 0 Å². The van der Waals surface area contributed by atoms with Crippen LogP contribution in [0.15, 0.2) is 47.5 Å². The maximum atomic E-state index is 12.8. The molecule has 2 heterocycles. The number of nitrogens with zero attached hydrogens (tertiary/aromatic N) is 3. The van der Waals surface area contributed by atoms with Crippen molar-refractivity contribution in [3.8, 4) is 0 Å². The number of carbonyl (C=O) groups excluding carboxylic acids is 1. The number of anilines is 1. The van der Waals surface area contributed by atoms with E-state index in [1.54, 1.807) is 12.1 Å². The highest BCUT2D eigenvalue weighted by molar-refractivity contribution is 7.89. The van der Waals surface area contributed by atoms with Gasteiger partial charge in [-0.25, -0.2) is 13.4 Å². The molecule has 1 aliphatic carbocycles. The van der Waals surface area contributed by atoms with E-state index >= 15 is 0 Å². The van der Waals surface area contributed by atoms with Crippen molar-refractivity contribution in [1.29, 1.82) is 0 Å². The lowest BCUT2D eigenvalue weighted by atomic mass is 10.1. The fourth-order valence-corrected chi connectivity index (χ4v) is 4.65. The van der Waals surface area contributed by atoms with Gasteiger partial charge in [0.15, 0.2) is 0 Å². The summed E-state index contributed by atoms with van der Waals surface area (Å²) in [4.78, 5) is 18.6. The van der Waals surface area contributed by atoms with Crippen LogP contribution in [0.3, 0.4) is 0 Å². The van der Waals surface area contributed by atoms with Crippen molar-refractivity contribution in [1.82, 2.24) is 19.5 Å². The summed E-state index contributed by atoms with van der Waals surface area (Å²) in [5.41, 5.74) is 1.66. The van der Waals surface area contributed by atoms with Gasteiger partial charge >= 0.3 is 0 Å². The van der Waals surface area contributed by atoms with Gasteiger partial charge in [0, 0.05) is 50.5 Å². The van der Waals surface area contributed by atoms with E-state index < -0.39 is 10.0 Å². The van der Waals surface area contributed by atoms with Gasteiger partial charge in [-0.1, -0.05) is 12.1 Å². The average Bonchev–Trinajstić information content (AvgIpc) is 3.57. The third-order valence-electron chi connectivity index (χ3n) is 5.44. The van der Waals surface area contributed by atoms with Gasteiger partial charge in [0.2, 0.25) is 10.0 Å². The van der Waals surface area contributed by atoms with E-state index in [-0.39, 0.29) is 10.8 Å². The van der Waals surface area contributed by atoms with Crippen LogP contribution in [0.4, 0.5) is 5.82 Å². The highest BCUT2D eigenvalue weighted by atomic mass is 32.2. The van der Waals surface area contributed by atoms with Gasteiger partial charge in [0.1, 0.15) is 10.7 Å². The zero-order valence-electron chi connectivity index (χ0n) is 17.0. The van der Waals surface area contributed by atoms with Crippen LogP contribution < -0.4 is 10.6 Å². The second kappa shape index (κ2) is 8.71. The van der Waals surface area contributed by atoms with Gasteiger partial charge in [-0.3, -0.25) is 4.79 Å². The average molecular weight is 430 g/mol. The Kier molecular flexibility index (Phi) is 6.03. The molecule has 1 saturated heterocycles. The van der Waals surface area contributed by atoms with Crippen molar-refractivity contribution in [2.45, 2.75) is 30.3 Å². The van der Waals surface area contributed by atoms with E-state index in [1.807, 2.05) is 31.3 Å². The van der Waals surface area contributed by atoms with Crippen LogP contribution in [-0.4, -0.2) is 67.8 Å². The standard InChI is InChI=1S/C21H27N5O3S/c1-25-10-12-26(13-11-25)30(28,29)19-8-9-20(23-15-19)22-14-16-2-4-17(5-3-16)21(27)24-18-6-7-18/h2-5,8-9,15,18H,6-7,10-14H2,1H3,(H,22,23)(H,24,27). The van der Waals surface area contributed by atoms with Crippen molar-refractivity contribution < 1.29 is 13.2 Å². The van der Waals surface area contributed by atoms with Crippen molar-refractivity contribution in [2.24, 2.45) is 0 Å². The zero-order chi connectivity index (χ0) is 21.1. The first-order valence-corrected chi connectivity index (χ1v) is 11.6. The van der Waals surface area contributed by atoms with E-state index in [9.17, 15) is 13.2 Å². The Balaban J connectivity index is 1.33. The Bertz CT molecular complexity index is 980. The normalized spacial score (nSPS) is 18.2. The number of hydrogen-bond acceptors (Lipinski definition) is 6. The molecule has 1 aromatic heterocycles. The summed E-state index contributed by atoms with van der Waals surface area (Å²) in [6.07, 6.45) is 3.54. The monoisotopic (exact) mass is 429 g/mol. The first-order valence-electron chi connectivity index (χ1n) is 10.2. The molecule has 160 valence electrons. The lowest BCUT2D eigenvalue weighted by Gasteiger charge is -2.31. The predicted molar refractivity (Wildman–Crippen MR) is 115 cm³/mol. The number of piperazine rings is 1. The second-order valence-electron chi connectivity index (χ2n) is 7.88. The number of pyridine rings is 1. The topological polar surface area (TPSA) is 94.6 Å². The predicted octanol–water partition coefficient (Wildman–Crippen LogP) is 1.52. The van der Waals surface area contributed by atoms with E-state index in [1.165, 1.54) is 10.5 Å². The summed E-state index contributed by atoms with van der Waals surface area (Å²) < 4.78 is 27.0. The molecule has 8 nitrogen and oxygen atoms in total. The Morgan fingerprint density at radius 3 is 2.37 bits per heavy atom. The molecular formula is C21H27N5O3S. The first kappa shape index (κ1) is 20.8. The molecule has 2 N–H and O–H groups in total. The molecule has 0 bridgehead atoms. The number of nitrogens with one attached hydrogen (secondary N) is 2. The molecule has 0 spiro atoms. The van der Waals surface area contributed by atoms with Crippen LogP contribution in [0.2, 0.25) is 0 Å². The molecule has 1 amide bonds. The smallest absolute Gasteiger partial charge is 0.251 e. The number of aromatic nitrogens is 1. The summed E-state index contributed by atoms with van der Waals surface area (Å²) >= 11 is 0. The van der Waals surface area contributed by atoms with Crippen LogP contribution >= 0.6 is 0 Å². The van der Waals surface area contributed by atoms with Gasteiger partial charge in [0.05, 0.1) is 0 Å². The molecule has 30 heavy (non-hydrogen) atoms. The van der Waals surface area contributed by atoms with Gasteiger partial charge in [0.25, 0.3) is 5.91 Å². The third kappa shape index (κ3) is 4.97. The SMILES string of the molecule is CN1CCN(S(=O)(=O)c2ccc(NCc3ccc(C(=O)NC4CC4)cc3)nc2)CC1. The van der Waals surface area contributed by atoms with Crippen LogP contribution in [0, 0.1) is 0 Å². The lowest BCUT2D eigenvalue weighted by Crippen LogP contribution is -2.47. The molecule has 9 heteroatoms. The molecule has 2 aliphatic rings. The molecule has 2 fully saturated rings. The Hall–Kier alpha value is -2.49. The molecule has 1 saturated carbocycles. The third-order valence-corrected chi connectivity index (χ3v) is 7.32. The number of carbonyl (C=O) groups is 1. The maximum Gasteiger partial charge on any atom is 0.251 e. The lowest BCUT2D eigenvalue weighted by molar-refractivity contribution is 0.0951. The summed E-state index contributed by atoms with van der Waals surface area (Å²) in [6.45, 7) is 2.98. The summed E-state index contributed by atoms with van der Waals surface area (Å²) in [7, 11) is -1.52. The Labute approximate surface area is 177 Å². The van der Waals surface area contributed by atoms with Gasteiger partial charge in [-0.15, -0.1) is 0 Å². The molecule has 0 radical (unpaired) electrons. The van der Waals surface area contributed by atoms with Gasteiger partial charge in [-0.05, 0) is 49.7 Å². The fourth-order valence-electron chi connectivity index (χ4n) is 3.28. The second-order valence-corrected chi connectivity index (χ2v) is 9.82. The van der Waals surface area contributed by atoms with Crippen LogP contribution in [-0.2, 0) is 16.6 Å². The minimum absolute atomic E-state index is 0.0316. The van der Waals surface area contributed by atoms with Crippen molar-refractivity contribution >= 4 is 21.7 Å². The highest BCUT2D eigenvalue weighted by Crippen LogP contribution is 2.20. The number of benzene rings is 1. The summed E-state index contributed by atoms with van der Waals surface area (Å²) in [5.74, 6) is 0.568. The number of likely N-dealkylation sites (N-methyl/N-ethyl adjacent to an activating group) is 1. The van der Waals surface area contributed by atoms with E-state index in [2.05, 4.69) is 20.5 Å². The van der Waals surface area contributed by atoms with Crippen LogP contribution in [0.5, 0.6) is 0 Å². The highest BCUT2D eigenvalue weighted by Gasteiger charge is 2.27. The number of hydrogen-bond donors (Lipinski definition) is 2.